The molecule has 1 saturated heterocycles. The number of hydrogen-bond acceptors (Lipinski definition) is 5. The summed E-state index contributed by atoms with van der Waals surface area (Å²) in [5.74, 6) is 0.0578. The van der Waals surface area contributed by atoms with Crippen LogP contribution in [0.15, 0.2) is 64.8 Å². The minimum atomic E-state index is -0.297. The lowest BCUT2D eigenvalue weighted by molar-refractivity contribution is -0.125. The number of piperidine rings is 1. The van der Waals surface area contributed by atoms with Crippen LogP contribution in [0.5, 0.6) is 0 Å². The van der Waals surface area contributed by atoms with E-state index in [1.54, 1.807) is 16.7 Å². The van der Waals surface area contributed by atoms with Gasteiger partial charge in [0.05, 0.1) is 18.0 Å². The fraction of sp³-hybridized carbons (Fsp3) is 0.296. The van der Waals surface area contributed by atoms with Crippen LogP contribution in [0.25, 0.3) is 10.2 Å². The topological polar surface area (TPSA) is 67.2 Å². The van der Waals surface area contributed by atoms with Crippen molar-refractivity contribution in [2.75, 3.05) is 18.0 Å². The summed E-state index contributed by atoms with van der Waals surface area (Å²) in [5, 5.41) is 4.87. The molecule has 6 nitrogen and oxygen atoms in total. The van der Waals surface area contributed by atoms with Gasteiger partial charge in [0.25, 0.3) is 5.56 Å². The molecular formula is C27H27FN4O2S. The molecule has 0 aliphatic carbocycles. The van der Waals surface area contributed by atoms with Crippen LogP contribution in [0, 0.1) is 18.7 Å². The van der Waals surface area contributed by atoms with E-state index in [0.29, 0.717) is 35.8 Å². The molecule has 1 unspecified atom stereocenters. The van der Waals surface area contributed by atoms with Gasteiger partial charge in [0, 0.05) is 19.6 Å². The third kappa shape index (κ3) is 5.12. The fourth-order valence-electron chi connectivity index (χ4n) is 4.50. The number of amides is 1. The van der Waals surface area contributed by atoms with Crippen molar-refractivity contribution in [1.82, 2.24) is 14.9 Å². The van der Waals surface area contributed by atoms with E-state index in [1.807, 2.05) is 42.6 Å². The van der Waals surface area contributed by atoms with Gasteiger partial charge in [-0.3, -0.25) is 14.2 Å². The number of carbonyl (C=O) groups excluding carboxylic acids is 1. The number of halogens is 1. The van der Waals surface area contributed by atoms with Gasteiger partial charge in [0.1, 0.15) is 10.5 Å². The number of aryl methyl sites for hydroxylation is 1. The average Bonchev–Trinajstić information content (AvgIpc) is 3.35. The Morgan fingerprint density at radius 2 is 1.86 bits per heavy atom. The zero-order valence-electron chi connectivity index (χ0n) is 19.5. The molecule has 0 spiro atoms. The molecule has 0 saturated carbocycles. The lowest BCUT2D eigenvalue weighted by Crippen LogP contribution is -2.45. The molecule has 2 aromatic carbocycles. The molecule has 180 valence electrons. The Bertz CT molecular complexity index is 1400. The second-order valence-corrected chi connectivity index (χ2v) is 9.97. The summed E-state index contributed by atoms with van der Waals surface area (Å²) in [6.07, 6.45) is 1.60. The van der Waals surface area contributed by atoms with Crippen molar-refractivity contribution in [3.05, 3.63) is 92.8 Å². The molecule has 1 amide bonds. The predicted octanol–water partition coefficient (Wildman–Crippen LogP) is 4.49. The molecule has 3 heterocycles. The normalized spacial score (nSPS) is 15.9. The Balaban J connectivity index is 1.38. The van der Waals surface area contributed by atoms with Gasteiger partial charge in [-0.25, -0.2) is 9.37 Å². The zero-order valence-corrected chi connectivity index (χ0v) is 20.4. The largest absolute Gasteiger partial charge is 0.352 e. The maximum atomic E-state index is 13.4. The number of carbonyl (C=O) groups is 1. The monoisotopic (exact) mass is 490 g/mol. The van der Waals surface area contributed by atoms with Gasteiger partial charge in [-0.1, -0.05) is 42.0 Å². The summed E-state index contributed by atoms with van der Waals surface area (Å²) < 4.78 is 15.5. The van der Waals surface area contributed by atoms with E-state index in [2.05, 4.69) is 10.2 Å². The summed E-state index contributed by atoms with van der Waals surface area (Å²) in [7, 11) is 0. The standard InChI is InChI=1S/C27H27FN4O2S/c1-18-4-6-20(7-5-18)16-32-26(34)24-23(12-14-35-24)30-27(32)31-13-2-3-21(17-31)25(33)29-15-19-8-10-22(28)11-9-19/h4-12,14,21H,2-3,13,15-17H2,1H3,(H,29,33). The number of rotatable bonds is 6. The van der Waals surface area contributed by atoms with E-state index in [0.717, 1.165) is 30.5 Å². The van der Waals surface area contributed by atoms with E-state index >= 15 is 0 Å². The number of fused-ring (bicyclic) bond motifs is 1. The highest BCUT2D eigenvalue weighted by molar-refractivity contribution is 7.17. The van der Waals surface area contributed by atoms with E-state index in [9.17, 15) is 14.0 Å². The van der Waals surface area contributed by atoms with Crippen molar-refractivity contribution in [2.45, 2.75) is 32.9 Å². The first kappa shape index (κ1) is 23.2. The van der Waals surface area contributed by atoms with Gasteiger partial charge < -0.3 is 10.2 Å². The minimum Gasteiger partial charge on any atom is -0.352 e. The third-order valence-electron chi connectivity index (χ3n) is 6.46. The number of aromatic nitrogens is 2. The Kier molecular flexibility index (Phi) is 6.63. The van der Waals surface area contributed by atoms with Crippen molar-refractivity contribution in [3.63, 3.8) is 0 Å². The van der Waals surface area contributed by atoms with Gasteiger partial charge in [0.15, 0.2) is 0 Å². The highest BCUT2D eigenvalue weighted by Gasteiger charge is 2.28. The lowest BCUT2D eigenvalue weighted by atomic mass is 9.97. The Hall–Kier alpha value is -3.52. The van der Waals surface area contributed by atoms with E-state index in [4.69, 9.17) is 4.98 Å². The summed E-state index contributed by atoms with van der Waals surface area (Å²) >= 11 is 1.41. The molecule has 1 N–H and O–H groups in total. The van der Waals surface area contributed by atoms with Gasteiger partial charge in [-0.15, -0.1) is 11.3 Å². The van der Waals surface area contributed by atoms with Crippen LogP contribution in [0.4, 0.5) is 10.3 Å². The molecule has 1 atom stereocenters. The van der Waals surface area contributed by atoms with Crippen molar-refractivity contribution >= 4 is 33.4 Å². The molecular weight excluding hydrogens is 463 g/mol. The third-order valence-corrected chi connectivity index (χ3v) is 7.35. The number of anilines is 1. The highest BCUT2D eigenvalue weighted by Crippen LogP contribution is 2.25. The summed E-state index contributed by atoms with van der Waals surface area (Å²) in [6.45, 7) is 4.04. The minimum absolute atomic E-state index is 0.0388. The number of hydrogen-bond donors (Lipinski definition) is 1. The summed E-state index contributed by atoms with van der Waals surface area (Å²) in [5.41, 5.74) is 3.69. The second kappa shape index (κ2) is 10.00. The van der Waals surface area contributed by atoms with Crippen molar-refractivity contribution in [3.8, 4) is 0 Å². The molecule has 8 heteroatoms. The number of thiophene rings is 1. The number of nitrogens with one attached hydrogen (secondary N) is 1. The van der Waals surface area contributed by atoms with Gasteiger partial charge in [0.2, 0.25) is 11.9 Å². The van der Waals surface area contributed by atoms with Crippen molar-refractivity contribution in [2.24, 2.45) is 5.92 Å². The van der Waals surface area contributed by atoms with Crippen LogP contribution in [0.1, 0.15) is 29.5 Å². The first-order chi connectivity index (χ1) is 17.0. The van der Waals surface area contributed by atoms with Crippen molar-refractivity contribution in [1.29, 1.82) is 0 Å². The van der Waals surface area contributed by atoms with Crippen LogP contribution in [-0.2, 0) is 17.9 Å². The first-order valence-electron chi connectivity index (χ1n) is 11.8. The average molecular weight is 491 g/mol. The van der Waals surface area contributed by atoms with E-state index < -0.39 is 0 Å². The van der Waals surface area contributed by atoms with Gasteiger partial charge in [-0.05, 0) is 54.5 Å². The van der Waals surface area contributed by atoms with Gasteiger partial charge in [-0.2, -0.15) is 0 Å². The SMILES string of the molecule is Cc1ccc(Cn2c(N3CCCC(C(=O)NCc4ccc(F)cc4)C3)nc3ccsc3c2=O)cc1. The van der Waals surface area contributed by atoms with Crippen LogP contribution >= 0.6 is 11.3 Å². The maximum absolute atomic E-state index is 13.4. The van der Waals surface area contributed by atoms with E-state index in [1.165, 1.54) is 29.0 Å². The first-order valence-corrected chi connectivity index (χ1v) is 12.7. The predicted molar refractivity (Wildman–Crippen MR) is 137 cm³/mol. The Labute approximate surface area is 207 Å². The van der Waals surface area contributed by atoms with Crippen molar-refractivity contribution < 1.29 is 9.18 Å². The van der Waals surface area contributed by atoms with Crippen LogP contribution in [-0.4, -0.2) is 28.5 Å². The summed E-state index contributed by atoms with van der Waals surface area (Å²) in [6, 6.07) is 16.2. The fourth-order valence-corrected chi connectivity index (χ4v) is 5.28. The molecule has 0 radical (unpaired) electrons. The van der Waals surface area contributed by atoms with Gasteiger partial charge >= 0.3 is 0 Å². The quantitative estimate of drug-likeness (QED) is 0.433. The molecule has 1 fully saturated rings. The van der Waals surface area contributed by atoms with Crippen LogP contribution in [0.2, 0.25) is 0 Å². The molecule has 5 rings (SSSR count). The molecule has 35 heavy (non-hydrogen) atoms. The van der Waals surface area contributed by atoms with Crippen LogP contribution in [0.3, 0.4) is 0 Å². The zero-order chi connectivity index (χ0) is 24.4. The van der Waals surface area contributed by atoms with Crippen LogP contribution < -0.4 is 15.8 Å². The number of nitrogens with zero attached hydrogens (tertiary/aromatic N) is 3. The molecule has 1 aliphatic rings. The Morgan fingerprint density at radius 1 is 1.11 bits per heavy atom. The Morgan fingerprint density at radius 3 is 2.63 bits per heavy atom. The number of benzene rings is 2. The molecule has 2 aromatic heterocycles. The lowest BCUT2D eigenvalue weighted by Gasteiger charge is -2.34. The highest BCUT2D eigenvalue weighted by atomic mass is 32.1. The molecule has 4 aromatic rings. The molecule has 1 aliphatic heterocycles. The van der Waals surface area contributed by atoms with E-state index in [-0.39, 0.29) is 23.2 Å². The smallest absolute Gasteiger partial charge is 0.273 e. The molecule has 0 bridgehead atoms. The maximum Gasteiger partial charge on any atom is 0.273 e. The summed E-state index contributed by atoms with van der Waals surface area (Å²) in [4.78, 5) is 33.3. The second-order valence-electron chi connectivity index (χ2n) is 9.05.